The summed E-state index contributed by atoms with van der Waals surface area (Å²) in [7, 11) is 0.245. The lowest BCUT2D eigenvalue weighted by Crippen LogP contribution is -2.38. The number of likely N-dealkylation sites (tertiary alicyclic amines) is 1. The van der Waals surface area contributed by atoms with Crippen molar-refractivity contribution < 1.29 is 27.4 Å². The molecular formula is C28H33N5O6S. The monoisotopic (exact) mass is 567 g/mol. The van der Waals surface area contributed by atoms with Gasteiger partial charge in [-0.25, -0.2) is 18.4 Å². The fourth-order valence-corrected chi connectivity index (χ4v) is 5.39. The molecule has 2 aromatic carbocycles. The number of piperidine rings is 1. The van der Waals surface area contributed by atoms with Crippen molar-refractivity contribution in [3.8, 4) is 23.1 Å². The summed E-state index contributed by atoms with van der Waals surface area (Å²) in [5.74, 6) is 2.74. The first kappa shape index (κ1) is 27.8. The maximum atomic E-state index is 11.5. The van der Waals surface area contributed by atoms with Crippen molar-refractivity contribution in [1.29, 1.82) is 0 Å². The number of ether oxygens (including phenoxy) is 4. The van der Waals surface area contributed by atoms with Crippen LogP contribution in [0.3, 0.4) is 0 Å². The molecule has 1 fully saturated rings. The second-order valence-electron chi connectivity index (χ2n) is 9.98. The van der Waals surface area contributed by atoms with Gasteiger partial charge in [0.15, 0.2) is 11.5 Å². The number of azo groups is 1. The van der Waals surface area contributed by atoms with Gasteiger partial charge in [0.1, 0.15) is 21.9 Å². The van der Waals surface area contributed by atoms with E-state index >= 15 is 0 Å². The molecule has 3 aromatic rings. The molecule has 0 N–H and O–H groups in total. The van der Waals surface area contributed by atoms with E-state index in [9.17, 15) is 8.42 Å². The number of sulfone groups is 1. The van der Waals surface area contributed by atoms with Crippen LogP contribution in [0.4, 0.5) is 0 Å². The Morgan fingerprint density at radius 3 is 2.45 bits per heavy atom. The largest absolute Gasteiger partial charge is 0.497 e. The fourth-order valence-electron chi connectivity index (χ4n) is 4.80. The Hall–Kier alpha value is -3.77. The topological polar surface area (TPSA) is 125 Å². The van der Waals surface area contributed by atoms with Gasteiger partial charge >= 0.3 is 0 Å². The number of rotatable bonds is 11. The van der Waals surface area contributed by atoms with Crippen LogP contribution in [0.5, 0.6) is 23.1 Å². The van der Waals surface area contributed by atoms with Gasteiger partial charge in [-0.15, -0.1) is 5.11 Å². The van der Waals surface area contributed by atoms with Crippen LogP contribution in [0.1, 0.15) is 18.4 Å². The van der Waals surface area contributed by atoms with Crippen LogP contribution in [0.2, 0.25) is 0 Å². The van der Waals surface area contributed by atoms with Gasteiger partial charge in [0.05, 0.1) is 43.7 Å². The smallest absolute Gasteiger partial charge is 0.267 e. The third-order valence-electron chi connectivity index (χ3n) is 7.17. The van der Waals surface area contributed by atoms with Crippen LogP contribution >= 0.6 is 0 Å². The standard InChI is InChI=1S/C28H33N5O6S/c1-36-22-6-4-21(5-7-22)28(10-11-31-32-28)39-27-23-16-25(37-2)26(17-24(23)29-19-30-27)38-18-20-8-12-33(13-9-20)14-15-40(3,34)35/h4-7,10-11,16-17,19-20H,8-9,12-15,18H2,1-3H3. The Morgan fingerprint density at radius 2 is 1.80 bits per heavy atom. The van der Waals surface area contributed by atoms with Gasteiger partial charge in [0.25, 0.3) is 5.72 Å². The first-order valence-electron chi connectivity index (χ1n) is 13.1. The molecule has 0 aliphatic carbocycles. The lowest BCUT2D eigenvalue weighted by Gasteiger charge is -2.31. The summed E-state index contributed by atoms with van der Waals surface area (Å²) in [6.07, 6.45) is 7.96. The zero-order valence-electron chi connectivity index (χ0n) is 22.8. The Bertz CT molecular complexity index is 1490. The number of hydrogen-bond donors (Lipinski definition) is 0. The summed E-state index contributed by atoms with van der Waals surface area (Å²) in [5, 5.41) is 9.06. The third kappa shape index (κ3) is 6.34. The third-order valence-corrected chi connectivity index (χ3v) is 8.10. The summed E-state index contributed by atoms with van der Waals surface area (Å²) in [5.41, 5.74) is 0.235. The minimum Gasteiger partial charge on any atom is -0.497 e. The zero-order valence-corrected chi connectivity index (χ0v) is 23.6. The van der Waals surface area contributed by atoms with Gasteiger partial charge in [-0.3, -0.25) is 0 Å². The summed E-state index contributed by atoms with van der Waals surface area (Å²) < 4.78 is 46.5. The van der Waals surface area contributed by atoms with E-state index in [1.165, 1.54) is 12.6 Å². The average Bonchev–Trinajstić information content (AvgIpc) is 3.44. The van der Waals surface area contributed by atoms with E-state index in [1.807, 2.05) is 36.4 Å². The predicted molar refractivity (Wildman–Crippen MR) is 150 cm³/mol. The molecule has 0 amide bonds. The molecule has 0 radical (unpaired) electrons. The van der Waals surface area contributed by atoms with E-state index in [2.05, 4.69) is 25.1 Å². The molecular weight excluding hydrogens is 534 g/mol. The first-order chi connectivity index (χ1) is 19.3. The van der Waals surface area contributed by atoms with Gasteiger partial charge in [-0.2, -0.15) is 5.11 Å². The number of methoxy groups -OCH3 is 2. The van der Waals surface area contributed by atoms with E-state index < -0.39 is 15.6 Å². The Morgan fingerprint density at radius 1 is 1.02 bits per heavy atom. The highest BCUT2D eigenvalue weighted by Gasteiger charge is 2.36. The van der Waals surface area contributed by atoms with Crippen molar-refractivity contribution in [2.75, 3.05) is 52.5 Å². The number of fused-ring (bicyclic) bond motifs is 1. The minimum absolute atomic E-state index is 0.191. The highest BCUT2D eigenvalue weighted by Crippen LogP contribution is 2.40. The van der Waals surface area contributed by atoms with Crippen LogP contribution in [0.25, 0.3) is 10.9 Å². The normalized spacial score (nSPS) is 19.7. The van der Waals surface area contributed by atoms with Gasteiger partial charge in [0.2, 0.25) is 5.88 Å². The van der Waals surface area contributed by atoms with Crippen molar-refractivity contribution in [2.24, 2.45) is 16.1 Å². The zero-order chi connectivity index (χ0) is 28.2. The molecule has 5 rings (SSSR count). The lowest BCUT2D eigenvalue weighted by molar-refractivity contribution is 0.123. The van der Waals surface area contributed by atoms with Crippen LogP contribution in [0, 0.1) is 5.92 Å². The Balaban J connectivity index is 1.31. The highest BCUT2D eigenvalue weighted by molar-refractivity contribution is 7.90. The molecule has 2 aliphatic heterocycles. The average molecular weight is 568 g/mol. The molecule has 1 unspecified atom stereocenters. The van der Waals surface area contributed by atoms with Crippen LogP contribution in [0.15, 0.2) is 65.2 Å². The minimum atomic E-state index is -2.96. The molecule has 1 aromatic heterocycles. The number of benzene rings is 2. The van der Waals surface area contributed by atoms with Gasteiger partial charge in [-0.1, -0.05) is 0 Å². The molecule has 0 saturated carbocycles. The van der Waals surface area contributed by atoms with Crippen molar-refractivity contribution in [1.82, 2.24) is 14.9 Å². The van der Waals surface area contributed by atoms with E-state index in [0.29, 0.717) is 47.4 Å². The molecule has 2 aliphatic rings. The van der Waals surface area contributed by atoms with Crippen molar-refractivity contribution >= 4 is 20.7 Å². The Kier molecular flexibility index (Phi) is 8.17. The predicted octanol–water partition coefficient (Wildman–Crippen LogP) is 3.99. The van der Waals surface area contributed by atoms with Crippen LogP contribution < -0.4 is 18.9 Å². The van der Waals surface area contributed by atoms with Crippen LogP contribution in [-0.2, 0) is 15.6 Å². The lowest BCUT2D eigenvalue weighted by atomic mass is 9.98. The summed E-state index contributed by atoms with van der Waals surface area (Å²) in [6, 6.07) is 11.1. The van der Waals surface area contributed by atoms with E-state index in [1.54, 1.807) is 26.5 Å². The van der Waals surface area contributed by atoms with Crippen LogP contribution in [-0.4, -0.2) is 75.8 Å². The van der Waals surface area contributed by atoms with E-state index in [4.69, 9.17) is 18.9 Å². The molecule has 12 heteroatoms. The second-order valence-corrected chi connectivity index (χ2v) is 12.2. The number of hydrogen-bond acceptors (Lipinski definition) is 11. The van der Waals surface area contributed by atoms with Crippen molar-refractivity contribution in [2.45, 2.75) is 18.6 Å². The summed E-state index contributed by atoms with van der Waals surface area (Å²) >= 11 is 0. The molecule has 212 valence electrons. The number of nitrogens with zero attached hydrogens (tertiary/aromatic N) is 5. The van der Waals surface area contributed by atoms with E-state index in [0.717, 1.165) is 37.2 Å². The Labute approximate surface area is 233 Å². The van der Waals surface area contributed by atoms with Crippen molar-refractivity contribution in [3.05, 3.63) is 60.6 Å². The SMILES string of the molecule is COc1ccc(C2(Oc3ncnc4cc(OCC5CCN(CCS(C)(=O)=O)CC5)c(OC)cc34)C=CN=N2)cc1. The first-order valence-corrected chi connectivity index (χ1v) is 15.1. The molecule has 0 spiro atoms. The quantitative estimate of drug-likeness (QED) is 0.338. The highest BCUT2D eigenvalue weighted by atomic mass is 32.2. The molecule has 1 saturated heterocycles. The molecule has 1 atom stereocenters. The fraction of sp³-hybridized carbons (Fsp3) is 0.429. The maximum Gasteiger partial charge on any atom is 0.267 e. The van der Waals surface area contributed by atoms with Gasteiger partial charge < -0.3 is 23.8 Å². The summed E-state index contributed by atoms with van der Waals surface area (Å²) in [6.45, 7) is 2.82. The molecule has 11 nitrogen and oxygen atoms in total. The van der Waals surface area contributed by atoms with Gasteiger partial charge in [0, 0.05) is 30.5 Å². The van der Waals surface area contributed by atoms with Crippen molar-refractivity contribution in [3.63, 3.8) is 0 Å². The number of aromatic nitrogens is 2. The maximum absolute atomic E-state index is 11.5. The second kappa shape index (κ2) is 11.8. The van der Waals surface area contributed by atoms with Gasteiger partial charge in [-0.05, 0) is 62.2 Å². The summed E-state index contributed by atoms with van der Waals surface area (Å²) in [4.78, 5) is 11.0. The molecule has 0 bridgehead atoms. The molecule has 3 heterocycles. The molecule has 40 heavy (non-hydrogen) atoms. The van der Waals surface area contributed by atoms with E-state index in [-0.39, 0.29) is 5.75 Å².